The molecule has 0 unspecified atom stereocenters. The van der Waals surface area contributed by atoms with Crippen LogP contribution < -0.4 is 9.47 Å². The number of ketones is 2. The van der Waals surface area contributed by atoms with Crippen molar-refractivity contribution in [3.8, 4) is 11.6 Å². The Morgan fingerprint density at radius 2 is 1.93 bits per heavy atom. The normalized spacial score (nSPS) is 24.5. The van der Waals surface area contributed by atoms with Gasteiger partial charge in [0.25, 0.3) is 5.88 Å². The Kier molecular flexibility index (Phi) is 8.21. The van der Waals surface area contributed by atoms with Gasteiger partial charge < -0.3 is 28.9 Å². The third kappa shape index (κ3) is 4.93. The van der Waals surface area contributed by atoms with Crippen LogP contribution >= 0.6 is 15.9 Å². The molecule has 0 aliphatic heterocycles. The summed E-state index contributed by atoms with van der Waals surface area (Å²) in [4.78, 5) is 42.7. The summed E-state index contributed by atoms with van der Waals surface area (Å²) < 4.78 is 37.8. The van der Waals surface area contributed by atoms with Gasteiger partial charge in [0.2, 0.25) is 5.78 Å². The SMILES string of the molecule is CCCCOc1noc2c1C(=O)[C@@]1(O)C(O)=C3C(=O)c4c(c(F)c(C)c(Br)c4OC(=O)OC(C)(C)C)C[C@H]3C[C@H]1[C@@H]2N(C)C. The highest BCUT2D eigenvalue weighted by Gasteiger charge is 2.64. The van der Waals surface area contributed by atoms with Gasteiger partial charge >= 0.3 is 6.16 Å². The summed E-state index contributed by atoms with van der Waals surface area (Å²) in [6, 6.07) is -0.744. The molecule has 238 valence electrons. The first-order chi connectivity index (χ1) is 20.5. The van der Waals surface area contributed by atoms with Gasteiger partial charge in [-0.3, -0.25) is 14.5 Å². The number of fused-ring (bicyclic) bond motifs is 4. The topological polar surface area (TPSA) is 149 Å². The molecule has 0 saturated heterocycles. The molecule has 5 rings (SSSR count). The van der Waals surface area contributed by atoms with E-state index in [9.17, 15) is 24.6 Å². The predicted octanol–water partition coefficient (Wildman–Crippen LogP) is 5.79. The monoisotopic (exact) mass is 678 g/mol. The molecule has 0 amide bonds. The van der Waals surface area contributed by atoms with Gasteiger partial charge in [0, 0.05) is 22.6 Å². The molecule has 1 heterocycles. The lowest BCUT2D eigenvalue weighted by atomic mass is 9.58. The van der Waals surface area contributed by atoms with Crippen LogP contribution in [0.25, 0.3) is 0 Å². The number of halogens is 2. The van der Waals surface area contributed by atoms with E-state index in [1.165, 1.54) is 6.92 Å². The highest BCUT2D eigenvalue weighted by atomic mass is 79.9. The number of carbonyl (C=O) groups excluding carboxylic acids is 3. The number of allylic oxidation sites excluding steroid dienone is 1. The van der Waals surface area contributed by atoms with Crippen molar-refractivity contribution in [3.63, 3.8) is 0 Å². The van der Waals surface area contributed by atoms with E-state index in [-0.39, 0.29) is 69.1 Å². The molecular formula is C31H36BrFN2O9. The Labute approximate surface area is 262 Å². The third-order valence-corrected chi connectivity index (χ3v) is 9.41. The van der Waals surface area contributed by atoms with Crippen molar-refractivity contribution in [2.45, 2.75) is 77.5 Å². The van der Waals surface area contributed by atoms with Gasteiger partial charge in [-0.05, 0) is 88.1 Å². The quantitative estimate of drug-likeness (QED) is 0.217. The fourth-order valence-electron chi connectivity index (χ4n) is 6.47. The lowest BCUT2D eigenvalue weighted by Gasteiger charge is -2.49. The number of unbranched alkanes of at least 4 members (excludes halogenated alkanes) is 1. The van der Waals surface area contributed by atoms with Crippen LogP contribution in [0.2, 0.25) is 0 Å². The Hall–Kier alpha value is -3.29. The van der Waals surface area contributed by atoms with Crippen molar-refractivity contribution in [2.75, 3.05) is 20.7 Å². The Morgan fingerprint density at radius 1 is 1.25 bits per heavy atom. The highest BCUT2D eigenvalue weighted by molar-refractivity contribution is 9.10. The summed E-state index contributed by atoms with van der Waals surface area (Å²) in [5.74, 6) is -5.25. The lowest BCUT2D eigenvalue weighted by Crippen LogP contribution is -2.59. The van der Waals surface area contributed by atoms with Crippen molar-refractivity contribution < 1.29 is 47.7 Å². The minimum absolute atomic E-state index is 0.00301. The van der Waals surface area contributed by atoms with Gasteiger partial charge in [0.1, 0.15) is 22.7 Å². The molecule has 44 heavy (non-hydrogen) atoms. The molecule has 0 radical (unpaired) electrons. The molecule has 0 spiro atoms. The second-order valence-electron chi connectivity index (χ2n) is 12.8. The van der Waals surface area contributed by atoms with E-state index < -0.39 is 58.4 Å². The molecule has 13 heteroatoms. The van der Waals surface area contributed by atoms with Crippen LogP contribution in [-0.2, 0) is 11.2 Å². The summed E-state index contributed by atoms with van der Waals surface area (Å²) >= 11 is 3.25. The fourth-order valence-corrected chi connectivity index (χ4v) is 6.92. The standard InChI is InChI=1S/C31H36BrFN2O9/c1-8-9-10-41-28-19-25(44-34-28)22(35(6)7)16-12-14-11-15-18(23(36)17(14)26(37)31(16,40)27(19)38)24(20(32)13(2)21(15)33)42-29(39)43-30(3,4)5/h14,16,22,37,40H,8-12H2,1-7H3/t14-,16-,22-,31-/m0/s1. The molecule has 1 aromatic carbocycles. The number of carbonyl (C=O) groups is 3. The minimum Gasteiger partial charge on any atom is -0.508 e. The second kappa shape index (κ2) is 11.3. The summed E-state index contributed by atoms with van der Waals surface area (Å²) in [5.41, 5.74) is -4.00. The molecule has 0 fully saturated rings. The maximum Gasteiger partial charge on any atom is 0.514 e. The summed E-state index contributed by atoms with van der Waals surface area (Å²) in [6.07, 6.45) is 0.353. The van der Waals surface area contributed by atoms with Gasteiger partial charge in [-0.1, -0.05) is 13.3 Å². The molecule has 2 aromatic rings. The van der Waals surface area contributed by atoms with Crippen LogP contribution in [0.5, 0.6) is 11.6 Å². The second-order valence-corrected chi connectivity index (χ2v) is 13.6. The summed E-state index contributed by atoms with van der Waals surface area (Å²) in [7, 11) is 3.45. The van der Waals surface area contributed by atoms with E-state index in [0.29, 0.717) is 6.42 Å². The number of nitrogens with zero attached hydrogens (tertiary/aromatic N) is 2. The third-order valence-electron chi connectivity index (χ3n) is 8.45. The zero-order valence-corrected chi connectivity index (χ0v) is 27.3. The maximum atomic E-state index is 15.8. The Bertz CT molecular complexity index is 1590. The molecule has 0 bridgehead atoms. The molecule has 2 N–H and O–H groups in total. The van der Waals surface area contributed by atoms with Gasteiger partial charge in [-0.15, -0.1) is 0 Å². The van der Waals surface area contributed by atoms with Crippen molar-refractivity contribution in [2.24, 2.45) is 11.8 Å². The molecule has 0 saturated carbocycles. The van der Waals surface area contributed by atoms with Gasteiger partial charge in [-0.2, -0.15) is 0 Å². The van der Waals surface area contributed by atoms with Crippen LogP contribution in [-0.4, -0.2) is 69.9 Å². The molecular weight excluding hydrogens is 643 g/mol. The summed E-state index contributed by atoms with van der Waals surface area (Å²) in [6.45, 7) is 8.60. The highest BCUT2D eigenvalue weighted by Crippen LogP contribution is 2.57. The Morgan fingerprint density at radius 3 is 2.55 bits per heavy atom. The number of hydrogen-bond acceptors (Lipinski definition) is 11. The number of rotatable bonds is 6. The van der Waals surface area contributed by atoms with Crippen LogP contribution in [0.15, 0.2) is 20.3 Å². The first kappa shape index (κ1) is 32.1. The number of hydrogen-bond donors (Lipinski definition) is 2. The number of Topliss-reactive ketones (excluding diaryl/α,β-unsaturated/α-hetero) is 2. The lowest BCUT2D eigenvalue weighted by molar-refractivity contribution is -0.0559. The van der Waals surface area contributed by atoms with E-state index in [0.717, 1.165) is 6.42 Å². The first-order valence-electron chi connectivity index (χ1n) is 14.5. The van der Waals surface area contributed by atoms with Crippen molar-refractivity contribution in [1.82, 2.24) is 10.1 Å². The van der Waals surface area contributed by atoms with Gasteiger partial charge in [-0.25, -0.2) is 9.18 Å². The summed E-state index contributed by atoms with van der Waals surface area (Å²) in [5, 5.41) is 27.9. The van der Waals surface area contributed by atoms with Crippen LogP contribution in [0.1, 0.15) is 90.6 Å². The number of aromatic nitrogens is 1. The maximum absolute atomic E-state index is 15.8. The largest absolute Gasteiger partial charge is 0.514 e. The minimum atomic E-state index is -2.54. The molecule has 3 aliphatic carbocycles. The van der Waals surface area contributed by atoms with Gasteiger partial charge in [0.05, 0.1) is 22.7 Å². The Balaban J connectivity index is 1.66. The van der Waals surface area contributed by atoms with E-state index in [1.54, 1.807) is 39.8 Å². The molecule has 3 aliphatic rings. The van der Waals surface area contributed by atoms with E-state index >= 15 is 4.39 Å². The van der Waals surface area contributed by atoms with Crippen LogP contribution in [0, 0.1) is 24.6 Å². The average Bonchev–Trinajstić information content (AvgIpc) is 3.34. The van der Waals surface area contributed by atoms with Crippen molar-refractivity contribution in [1.29, 1.82) is 0 Å². The molecule has 11 nitrogen and oxygen atoms in total. The van der Waals surface area contributed by atoms with Crippen molar-refractivity contribution >= 4 is 33.7 Å². The average molecular weight is 680 g/mol. The predicted molar refractivity (Wildman–Crippen MR) is 158 cm³/mol. The smallest absolute Gasteiger partial charge is 0.508 e. The molecule has 4 atom stereocenters. The van der Waals surface area contributed by atoms with Crippen molar-refractivity contribution in [3.05, 3.63) is 49.6 Å². The van der Waals surface area contributed by atoms with Crippen LogP contribution in [0.3, 0.4) is 0 Å². The zero-order valence-electron chi connectivity index (χ0n) is 25.7. The van der Waals surface area contributed by atoms with Gasteiger partial charge in [0.15, 0.2) is 22.9 Å². The number of ether oxygens (including phenoxy) is 3. The number of aliphatic hydroxyl groups excluding tert-OH is 1. The number of aliphatic hydroxyl groups is 2. The molecule has 1 aromatic heterocycles. The zero-order chi connectivity index (χ0) is 32.5. The number of benzene rings is 1. The van der Waals surface area contributed by atoms with E-state index in [4.69, 9.17) is 18.7 Å². The fraction of sp³-hybridized carbons (Fsp3) is 0.548. The van der Waals surface area contributed by atoms with E-state index in [1.807, 2.05) is 6.92 Å². The van der Waals surface area contributed by atoms with Crippen LogP contribution in [0.4, 0.5) is 9.18 Å². The van der Waals surface area contributed by atoms with E-state index in [2.05, 4.69) is 21.1 Å². The first-order valence-corrected chi connectivity index (χ1v) is 15.3.